The topological polar surface area (TPSA) is 40.5 Å². The minimum atomic E-state index is -0.844. The van der Waals surface area contributed by atoms with Crippen molar-refractivity contribution in [3.63, 3.8) is 0 Å². The molecular weight excluding hydrogens is 302 g/mol. The lowest BCUT2D eigenvalue weighted by atomic mass is 10.0. The van der Waals surface area contributed by atoms with Gasteiger partial charge in [0.25, 0.3) is 0 Å². The summed E-state index contributed by atoms with van der Waals surface area (Å²) in [7, 11) is 0. The third-order valence-corrected chi connectivity index (χ3v) is 5.20. The van der Waals surface area contributed by atoms with Gasteiger partial charge in [-0.25, -0.2) is 0 Å². The molecule has 0 aliphatic carbocycles. The van der Waals surface area contributed by atoms with E-state index in [1.54, 1.807) is 11.8 Å². The molecule has 0 saturated carbocycles. The summed E-state index contributed by atoms with van der Waals surface area (Å²) in [5, 5.41) is 9.80. The van der Waals surface area contributed by atoms with Crippen LogP contribution in [0.2, 0.25) is 0 Å². The molecule has 0 bridgehead atoms. The Morgan fingerprint density at radius 3 is 2.86 bits per heavy atom. The van der Waals surface area contributed by atoms with Crippen molar-refractivity contribution in [2.45, 2.75) is 25.5 Å². The molecule has 0 spiro atoms. The highest BCUT2D eigenvalue weighted by Crippen LogP contribution is 2.29. The van der Waals surface area contributed by atoms with Gasteiger partial charge in [0.2, 0.25) is 5.91 Å². The quantitative estimate of drug-likeness (QED) is 0.668. The van der Waals surface area contributed by atoms with Crippen LogP contribution in [-0.2, 0) is 11.2 Å². The average molecular weight is 321 g/mol. The molecule has 1 aromatic carbocycles. The number of rotatable bonds is 5. The predicted molar refractivity (Wildman–Crippen MR) is 91.2 cm³/mol. The molecule has 1 saturated heterocycles. The Kier molecular flexibility index (Phi) is 5.56. The van der Waals surface area contributed by atoms with Crippen LogP contribution in [0.5, 0.6) is 0 Å². The zero-order valence-electron chi connectivity index (χ0n) is 11.9. The molecule has 1 amide bonds. The van der Waals surface area contributed by atoms with Crippen LogP contribution in [0.15, 0.2) is 43.0 Å². The van der Waals surface area contributed by atoms with Gasteiger partial charge in [0, 0.05) is 5.75 Å². The summed E-state index contributed by atoms with van der Waals surface area (Å²) in [6, 6.07) is 10.1. The number of hydrogen-bond donors (Lipinski definition) is 1. The van der Waals surface area contributed by atoms with Gasteiger partial charge in [0.05, 0.1) is 18.1 Å². The molecule has 5 heteroatoms. The molecule has 0 unspecified atom stereocenters. The van der Waals surface area contributed by atoms with E-state index in [4.69, 9.17) is 12.2 Å². The molecule has 1 fully saturated rings. The van der Waals surface area contributed by atoms with Gasteiger partial charge in [-0.05, 0) is 12.0 Å². The zero-order chi connectivity index (χ0) is 15.4. The number of aliphatic hydroxyl groups excluding tert-OH is 1. The van der Waals surface area contributed by atoms with E-state index in [0.29, 0.717) is 4.32 Å². The summed E-state index contributed by atoms with van der Waals surface area (Å²) in [6.07, 6.45) is 1.32. The fourth-order valence-corrected chi connectivity index (χ4v) is 3.76. The molecule has 2 rings (SSSR count). The lowest BCUT2D eigenvalue weighted by Crippen LogP contribution is -2.45. The number of thioether (sulfide) groups is 1. The second kappa shape index (κ2) is 7.20. The van der Waals surface area contributed by atoms with E-state index < -0.39 is 12.0 Å². The maximum absolute atomic E-state index is 12.6. The second-order valence-electron chi connectivity index (χ2n) is 5.14. The van der Waals surface area contributed by atoms with Crippen LogP contribution in [0.4, 0.5) is 0 Å². The number of nitrogens with zero attached hydrogens (tertiary/aromatic N) is 1. The fourth-order valence-electron chi connectivity index (χ4n) is 2.34. The van der Waals surface area contributed by atoms with Crippen molar-refractivity contribution in [3.8, 4) is 0 Å². The van der Waals surface area contributed by atoms with E-state index in [-0.39, 0.29) is 11.9 Å². The van der Waals surface area contributed by atoms with E-state index in [0.717, 1.165) is 12.2 Å². The molecule has 0 aromatic heterocycles. The maximum atomic E-state index is 12.6. The maximum Gasteiger partial charge on any atom is 0.234 e. The van der Waals surface area contributed by atoms with Gasteiger partial charge in [-0.15, -0.1) is 6.58 Å². The summed E-state index contributed by atoms with van der Waals surface area (Å²) in [6.45, 7) is 5.25. The van der Waals surface area contributed by atoms with Crippen LogP contribution in [0.25, 0.3) is 0 Å². The highest BCUT2D eigenvalue weighted by molar-refractivity contribution is 8.23. The Hall–Kier alpha value is -1.17. The number of carbonyl (C=O) groups excluding carboxylic acids is 1. The van der Waals surface area contributed by atoms with Gasteiger partial charge >= 0.3 is 0 Å². The van der Waals surface area contributed by atoms with Gasteiger partial charge in [-0.3, -0.25) is 9.69 Å². The Bertz CT molecular complexity index is 532. The number of carbonyl (C=O) groups is 1. The number of hydrogen-bond acceptors (Lipinski definition) is 4. The predicted octanol–water partition coefficient (Wildman–Crippen LogP) is 2.64. The van der Waals surface area contributed by atoms with Crippen molar-refractivity contribution < 1.29 is 9.90 Å². The Morgan fingerprint density at radius 2 is 2.24 bits per heavy atom. The normalized spacial score (nSPS) is 21.1. The minimum Gasteiger partial charge on any atom is -0.388 e. The molecule has 1 N–H and O–H groups in total. The van der Waals surface area contributed by atoms with Crippen molar-refractivity contribution in [2.75, 3.05) is 5.75 Å². The summed E-state index contributed by atoms with van der Waals surface area (Å²) in [5.74, 6) is 0.145. The smallest absolute Gasteiger partial charge is 0.234 e. The first-order valence-corrected chi connectivity index (χ1v) is 8.28. The summed E-state index contributed by atoms with van der Waals surface area (Å²) in [5.41, 5.74) is 1.18. The van der Waals surface area contributed by atoms with Crippen LogP contribution >= 0.6 is 24.0 Å². The zero-order valence-corrected chi connectivity index (χ0v) is 13.6. The van der Waals surface area contributed by atoms with Gasteiger partial charge in [-0.2, -0.15) is 0 Å². The van der Waals surface area contributed by atoms with Gasteiger partial charge in [0.15, 0.2) is 0 Å². The number of amides is 1. The fraction of sp³-hybridized carbons (Fsp3) is 0.375. The molecule has 1 aromatic rings. The van der Waals surface area contributed by atoms with E-state index in [1.807, 2.05) is 18.2 Å². The molecule has 21 heavy (non-hydrogen) atoms. The number of benzene rings is 1. The van der Waals surface area contributed by atoms with E-state index in [1.165, 1.54) is 23.4 Å². The molecule has 3 atom stereocenters. The SMILES string of the molecule is C=C[C@@H](O)[C@H](C)C(=O)N1C(=S)SC[C@@H]1Cc1ccccc1. The van der Waals surface area contributed by atoms with Crippen molar-refractivity contribution >= 4 is 34.2 Å². The van der Waals surface area contributed by atoms with Crippen molar-refractivity contribution in [3.05, 3.63) is 48.6 Å². The molecular formula is C16H19NO2S2. The third kappa shape index (κ3) is 3.73. The average Bonchev–Trinajstić information content (AvgIpc) is 2.86. The van der Waals surface area contributed by atoms with Gasteiger partial charge in [0.1, 0.15) is 4.32 Å². The van der Waals surface area contributed by atoms with Crippen molar-refractivity contribution in [1.29, 1.82) is 0 Å². The Morgan fingerprint density at radius 1 is 1.57 bits per heavy atom. The highest BCUT2D eigenvalue weighted by Gasteiger charge is 2.37. The van der Waals surface area contributed by atoms with E-state index in [2.05, 4.69) is 18.7 Å². The number of aliphatic hydroxyl groups is 1. The largest absolute Gasteiger partial charge is 0.388 e. The van der Waals surface area contributed by atoms with Crippen LogP contribution in [0.3, 0.4) is 0 Å². The lowest BCUT2D eigenvalue weighted by molar-refractivity contribution is -0.134. The van der Waals surface area contributed by atoms with Crippen molar-refractivity contribution in [1.82, 2.24) is 4.90 Å². The standard InChI is InChI=1S/C16H19NO2S2/c1-3-14(18)11(2)15(19)17-13(10-21-16(17)20)9-12-7-5-4-6-8-12/h3-8,11,13-14,18H,1,9-10H2,2H3/t11-,13-,14+/m0/s1. The van der Waals surface area contributed by atoms with E-state index in [9.17, 15) is 9.90 Å². The molecule has 1 aliphatic heterocycles. The first-order valence-electron chi connectivity index (χ1n) is 6.89. The Balaban J connectivity index is 2.13. The van der Waals surface area contributed by atoms with Crippen LogP contribution in [0.1, 0.15) is 12.5 Å². The minimum absolute atomic E-state index is 0.0527. The molecule has 3 nitrogen and oxygen atoms in total. The van der Waals surface area contributed by atoms with E-state index >= 15 is 0 Å². The summed E-state index contributed by atoms with van der Waals surface area (Å²) < 4.78 is 0.601. The molecule has 112 valence electrons. The molecule has 1 aliphatic rings. The van der Waals surface area contributed by atoms with Crippen LogP contribution in [-0.4, -0.2) is 38.1 Å². The summed E-state index contributed by atoms with van der Waals surface area (Å²) >= 11 is 6.84. The van der Waals surface area contributed by atoms with Crippen LogP contribution in [0, 0.1) is 5.92 Å². The third-order valence-electron chi connectivity index (χ3n) is 3.66. The highest BCUT2D eigenvalue weighted by atomic mass is 32.2. The lowest BCUT2D eigenvalue weighted by Gasteiger charge is -2.27. The van der Waals surface area contributed by atoms with Crippen molar-refractivity contribution in [2.24, 2.45) is 5.92 Å². The van der Waals surface area contributed by atoms with Gasteiger partial charge < -0.3 is 5.11 Å². The summed E-state index contributed by atoms with van der Waals surface area (Å²) in [4.78, 5) is 14.2. The van der Waals surface area contributed by atoms with Crippen LogP contribution < -0.4 is 0 Å². The monoisotopic (exact) mass is 321 g/mol. The molecule has 1 heterocycles. The first kappa shape index (κ1) is 16.2. The number of thiocarbonyl (C=S) groups is 1. The Labute approximate surface area is 135 Å². The van der Waals surface area contributed by atoms with Gasteiger partial charge in [-0.1, -0.05) is 67.3 Å². The first-order chi connectivity index (χ1) is 10.0. The molecule has 0 radical (unpaired) electrons. The second-order valence-corrected chi connectivity index (χ2v) is 6.80.